The quantitative estimate of drug-likeness (QED) is 0.541. The zero-order chi connectivity index (χ0) is 20.8. The Morgan fingerprint density at radius 1 is 1.00 bits per heavy atom. The Morgan fingerprint density at radius 2 is 1.69 bits per heavy atom. The minimum Gasteiger partial charge on any atom is -0.494 e. The molecule has 0 aliphatic rings. The molecule has 0 fully saturated rings. The fraction of sp³-hybridized carbons (Fsp3) is 0.250. The number of nitrogens with zero attached hydrogens (tertiary/aromatic N) is 1. The second kappa shape index (κ2) is 9.24. The largest absolute Gasteiger partial charge is 0.494 e. The van der Waals surface area contributed by atoms with E-state index in [1.807, 2.05) is 68.4 Å². The van der Waals surface area contributed by atoms with Crippen LogP contribution in [0.1, 0.15) is 48.4 Å². The van der Waals surface area contributed by atoms with Crippen molar-refractivity contribution in [3.8, 4) is 17.2 Å². The summed E-state index contributed by atoms with van der Waals surface area (Å²) in [5, 5.41) is 2.92. The SMILES string of the molecule is CCOc1cccc(Oc2cccc(NC(=O)c3ccc(C(C)C)nc3C)c2)c1. The fourth-order valence-corrected chi connectivity index (χ4v) is 2.91. The van der Waals surface area contributed by atoms with E-state index in [1.165, 1.54) is 0 Å². The molecule has 2 aromatic carbocycles. The number of ether oxygens (including phenoxy) is 2. The number of aryl methyl sites for hydroxylation is 1. The zero-order valence-corrected chi connectivity index (χ0v) is 17.2. The van der Waals surface area contributed by atoms with Gasteiger partial charge in [-0.3, -0.25) is 9.78 Å². The lowest BCUT2D eigenvalue weighted by Gasteiger charge is -2.12. The second-order valence-corrected chi connectivity index (χ2v) is 7.02. The molecule has 5 nitrogen and oxygen atoms in total. The number of aromatic nitrogens is 1. The van der Waals surface area contributed by atoms with Gasteiger partial charge in [0.2, 0.25) is 0 Å². The van der Waals surface area contributed by atoms with Crippen LogP contribution in [0.4, 0.5) is 5.69 Å². The highest BCUT2D eigenvalue weighted by atomic mass is 16.5. The van der Waals surface area contributed by atoms with E-state index in [0.29, 0.717) is 41.0 Å². The van der Waals surface area contributed by atoms with Gasteiger partial charge in [0.25, 0.3) is 5.91 Å². The van der Waals surface area contributed by atoms with Crippen LogP contribution in [0.25, 0.3) is 0 Å². The van der Waals surface area contributed by atoms with Gasteiger partial charge < -0.3 is 14.8 Å². The standard InChI is InChI=1S/C24H26N2O3/c1-5-28-19-9-7-11-21(15-19)29-20-10-6-8-18(14-20)26-24(27)22-12-13-23(16(2)3)25-17(22)4/h6-16H,5H2,1-4H3,(H,26,27). The van der Waals surface area contributed by atoms with Gasteiger partial charge in [0.1, 0.15) is 17.2 Å². The maximum Gasteiger partial charge on any atom is 0.257 e. The molecule has 29 heavy (non-hydrogen) atoms. The molecule has 1 heterocycles. The highest BCUT2D eigenvalue weighted by molar-refractivity contribution is 6.05. The van der Waals surface area contributed by atoms with Crippen LogP contribution < -0.4 is 14.8 Å². The van der Waals surface area contributed by atoms with Crippen molar-refractivity contribution in [3.05, 3.63) is 77.6 Å². The molecule has 5 heteroatoms. The lowest BCUT2D eigenvalue weighted by Crippen LogP contribution is -2.14. The molecule has 1 aromatic heterocycles. The number of carbonyl (C=O) groups is 1. The number of nitrogens with one attached hydrogen (secondary N) is 1. The number of anilines is 1. The summed E-state index contributed by atoms with van der Waals surface area (Å²) in [5.41, 5.74) is 2.91. The van der Waals surface area contributed by atoms with Crippen molar-refractivity contribution in [3.63, 3.8) is 0 Å². The molecule has 3 aromatic rings. The first-order chi connectivity index (χ1) is 14.0. The lowest BCUT2D eigenvalue weighted by molar-refractivity contribution is 0.102. The molecular formula is C24H26N2O3. The molecular weight excluding hydrogens is 364 g/mol. The molecule has 1 N–H and O–H groups in total. The van der Waals surface area contributed by atoms with Gasteiger partial charge in [-0.15, -0.1) is 0 Å². The number of hydrogen-bond donors (Lipinski definition) is 1. The Bertz CT molecular complexity index is 999. The summed E-state index contributed by atoms with van der Waals surface area (Å²) in [7, 11) is 0. The normalized spacial score (nSPS) is 10.7. The molecule has 3 rings (SSSR count). The third-order valence-electron chi connectivity index (χ3n) is 4.39. The van der Waals surface area contributed by atoms with E-state index in [-0.39, 0.29) is 5.91 Å². The predicted molar refractivity (Wildman–Crippen MR) is 115 cm³/mol. The number of pyridine rings is 1. The van der Waals surface area contributed by atoms with Gasteiger partial charge in [-0.2, -0.15) is 0 Å². The summed E-state index contributed by atoms with van der Waals surface area (Å²) in [4.78, 5) is 17.2. The van der Waals surface area contributed by atoms with Gasteiger partial charge in [-0.1, -0.05) is 26.0 Å². The minimum absolute atomic E-state index is 0.194. The van der Waals surface area contributed by atoms with Gasteiger partial charge in [0.15, 0.2) is 0 Å². The topological polar surface area (TPSA) is 60.5 Å². The van der Waals surface area contributed by atoms with Crippen molar-refractivity contribution in [1.82, 2.24) is 4.98 Å². The first kappa shape index (κ1) is 20.4. The highest BCUT2D eigenvalue weighted by Gasteiger charge is 2.13. The molecule has 0 unspecified atom stereocenters. The molecule has 0 bridgehead atoms. The van der Waals surface area contributed by atoms with E-state index in [4.69, 9.17) is 9.47 Å². The van der Waals surface area contributed by atoms with E-state index in [1.54, 1.807) is 6.07 Å². The first-order valence-electron chi connectivity index (χ1n) is 9.76. The van der Waals surface area contributed by atoms with Crippen molar-refractivity contribution in [1.29, 1.82) is 0 Å². The molecule has 0 saturated carbocycles. The maximum absolute atomic E-state index is 12.7. The van der Waals surface area contributed by atoms with Crippen molar-refractivity contribution in [2.24, 2.45) is 0 Å². The van der Waals surface area contributed by atoms with Crippen LogP contribution in [0, 0.1) is 6.92 Å². The van der Waals surface area contributed by atoms with Gasteiger partial charge in [-0.25, -0.2) is 0 Å². The summed E-state index contributed by atoms with van der Waals surface area (Å²) in [5.74, 6) is 2.18. The summed E-state index contributed by atoms with van der Waals surface area (Å²) in [6, 6.07) is 18.5. The Balaban J connectivity index is 1.73. The molecule has 0 spiro atoms. The van der Waals surface area contributed by atoms with Gasteiger partial charge in [-0.05, 0) is 56.2 Å². The molecule has 0 atom stereocenters. The average Bonchev–Trinajstić information content (AvgIpc) is 2.68. The van der Waals surface area contributed by atoms with Crippen LogP contribution in [0.15, 0.2) is 60.7 Å². The summed E-state index contributed by atoms with van der Waals surface area (Å²) >= 11 is 0. The molecule has 0 aliphatic heterocycles. The Hall–Kier alpha value is -3.34. The zero-order valence-electron chi connectivity index (χ0n) is 17.2. The van der Waals surface area contributed by atoms with E-state index in [2.05, 4.69) is 24.1 Å². The lowest BCUT2D eigenvalue weighted by atomic mass is 10.1. The van der Waals surface area contributed by atoms with Crippen molar-refractivity contribution in [2.45, 2.75) is 33.6 Å². The highest BCUT2D eigenvalue weighted by Crippen LogP contribution is 2.27. The first-order valence-corrected chi connectivity index (χ1v) is 9.76. The van der Waals surface area contributed by atoms with Gasteiger partial charge >= 0.3 is 0 Å². The van der Waals surface area contributed by atoms with Crippen LogP contribution in [-0.4, -0.2) is 17.5 Å². The van der Waals surface area contributed by atoms with E-state index < -0.39 is 0 Å². The van der Waals surface area contributed by atoms with Crippen molar-refractivity contribution in [2.75, 3.05) is 11.9 Å². The Labute approximate surface area is 171 Å². The van der Waals surface area contributed by atoms with E-state index in [0.717, 1.165) is 11.4 Å². The van der Waals surface area contributed by atoms with Crippen molar-refractivity contribution < 1.29 is 14.3 Å². The molecule has 0 aliphatic carbocycles. The van der Waals surface area contributed by atoms with E-state index >= 15 is 0 Å². The van der Waals surface area contributed by atoms with Crippen LogP contribution in [0.3, 0.4) is 0 Å². The van der Waals surface area contributed by atoms with Crippen LogP contribution in [-0.2, 0) is 0 Å². The van der Waals surface area contributed by atoms with Crippen LogP contribution in [0.5, 0.6) is 17.2 Å². The number of rotatable bonds is 7. The van der Waals surface area contributed by atoms with Crippen LogP contribution in [0.2, 0.25) is 0 Å². The maximum atomic E-state index is 12.7. The number of hydrogen-bond acceptors (Lipinski definition) is 4. The summed E-state index contributed by atoms with van der Waals surface area (Å²) in [6.07, 6.45) is 0. The molecule has 0 saturated heterocycles. The minimum atomic E-state index is -0.194. The second-order valence-electron chi connectivity index (χ2n) is 7.02. The Kier molecular flexibility index (Phi) is 6.50. The summed E-state index contributed by atoms with van der Waals surface area (Å²) in [6.45, 7) is 8.55. The average molecular weight is 390 g/mol. The third kappa shape index (κ3) is 5.35. The number of carbonyl (C=O) groups excluding carboxylic acids is 1. The number of benzene rings is 2. The smallest absolute Gasteiger partial charge is 0.257 e. The fourth-order valence-electron chi connectivity index (χ4n) is 2.91. The predicted octanol–water partition coefficient (Wildman–Crippen LogP) is 5.96. The van der Waals surface area contributed by atoms with Gasteiger partial charge in [0.05, 0.1) is 17.9 Å². The third-order valence-corrected chi connectivity index (χ3v) is 4.39. The Morgan fingerprint density at radius 3 is 2.38 bits per heavy atom. The monoisotopic (exact) mass is 390 g/mol. The van der Waals surface area contributed by atoms with Gasteiger partial charge in [0, 0.05) is 23.5 Å². The molecule has 150 valence electrons. The number of amides is 1. The van der Waals surface area contributed by atoms with Crippen LogP contribution >= 0.6 is 0 Å². The van der Waals surface area contributed by atoms with Crippen molar-refractivity contribution >= 4 is 11.6 Å². The molecule has 1 amide bonds. The summed E-state index contributed by atoms with van der Waals surface area (Å²) < 4.78 is 11.4. The molecule has 0 radical (unpaired) electrons. The van der Waals surface area contributed by atoms with E-state index in [9.17, 15) is 4.79 Å².